The Kier molecular flexibility index (Phi) is 1.87. The third kappa shape index (κ3) is 1.18. The zero-order valence-electron chi connectivity index (χ0n) is 8.45. The molecule has 7 heteroatoms. The summed E-state index contributed by atoms with van der Waals surface area (Å²) in [5.74, 6) is 1.24. The van der Waals surface area contributed by atoms with Gasteiger partial charge in [0, 0.05) is 12.4 Å². The lowest BCUT2D eigenvalue weighted by molar-refractivity contribution is 1.10. The number of hydrogen-bond donors (Lipinski definition) is 1. The number of nitrogens with two attached hydrogens (primary N) is 1. The maximum Gasteiger partial charge on any atom is 0.255 e. The molecule has 80 valence electrons. The highest BCUT2D eigenvalue weighted by Crippen LogP contribution is 2.30. The van der Waals surface area contributed by atoms with Crippen LogP contribution in [0.5, 0.6) is 0 Å². The van der Waals surface area contributed by atoms with Crippen molar-refractivity contribution < 1.29 is 0 Å². The second-order valence-corrected chi connectivity index (χ2v) is 4.13. The monoisotopic (exact) mass is 232 g/mol. The molecule has 0 atom stereocenters. The molecule has 0 aliphatic carbocycles. The lowest BCUT2D eigenvalue weighted by atomic mass is 10.2. The predicted molar refractivity (Wildman–Crippen MR) is 61.0 cm³/mol. The Hall–Kier alpha value is -2.02. The number of nitrogens with zero attached hydrogens (tertiary/aromatic N) is 5. The molecule has 6 nitrogen and oxygen atoms in total. The first-order chi connectivity index (χ1) is 7.77. The van der Waals surface area contributed by atoms with E-state index in [1.165, 1.54) is 11.5 Å². The molecule has 0 bridgehead atoms. The minimum Gasteiger partial charge on any atom is -0.389 e. The fraction of sp³-hybridized carbons (Fsp3) is 0.111. The van der Waals surface area contributed by atoms with Crippen molar-refractivity contribution in [1.82, 2.24) is 24.0 Å². The Labute approximate surface area is 94.9 Å². The molecule has 2 N–H and O–H groups in total. The Morgan fingerprint density at radius 2 is 2.25 bits per heavy atom. The van der Waals surface area contributed by atoms with Crippen molar-refractivity contribution in [3.8, 4) is 11.4 Å². The van der Waals surface area contributed by atoms with Gasteiger partial charge in [-0.2, -0.15) is 4.37 Å². The summed E-state index contributed by atoms with van der Waals surface area (Å²) in [4.78, 5) is 4.10. The quantitative estimate of drug-likeness (QED) is 0.680. The predicted octanol–water partition coefficient (Wildman–Crippen LogP) is 1.14. The van der Waals surface area contributed by atoms with Gasteiger partial charge in [-0.25, -0.2) is 4.98 Å². The van der Waals surface area contributed by atoms with Crippen molar-refractivity contribution in [2.45, 2.75) is 6.92 Å². The van der Waals surface area contributed by atoms with E-state index in [4.69, 9.17) is 5.73 Å². The van der Waals surface area contributed by atoms with Crippen molar-refractivity contribution in [2.24, 2.45) is 0 Å². The maximum atomic E-state index is 5.88. The van der Waals surface area contributed by atoms with Gasteiger partial charge < -0.3 is 5.73 Å². The van der Waals surface area contributed by atoms with E-state index in [1.807, 2.05) is 19.2 Å². The summed E-state index contributed by atoms with van der Waals surface area (Å²) in [6, 6.07) is 1.82. The molecular formula is C9H8N6S. The summed E-state index contributed by atoms with van der Waals surface area (Å²) in [6.45, 7) is 1.90. The Balaban J connectivity index is 2.35. The second-order valence-electron chi connectivity index (χ2n) is 3.32. The summed E-state index contributed by atoms with van der Waals surface area (Å²) in [6.07, 6.45) is 3.53. The van der Waals surface area contributed by atoms with Crippen LogP contribution in [0.3, 0.4) is 0 Å². The van der Waals surface area contributed by atoms with Gasteiger partial charge in [0.2, 0.25) is 0 Å². The fourth-order valence-electron chi connectivity index (χ4n) is 1.57. The molecule has 16 heavy (non-hydrogen) atoms. The summed E-state index contributed by atoms with van der Waals surface area (Å²) < 4.78 is 5.99. The third-order valence-electron chi connectivity index (χ3n) is 2.30. The molecule has 0 aliphatic heterocycles. The van der Waals surface area contributed by atoms with E-state index in [2.05, 4.69) is 19.6 Å². The fourth-order valence-corrected chi connectivity index (χ4v) is 2.23. The molecule has 0 spiro atoms. The molecule has 3 aromatic heterocycles. The lowest BCUT2D eigenvalue weighted by Gasteiger charge is -1.98. The normalized spacial score (nSPS) is 11.1. The summed E-state index contributed by atoms with van der Waals surface area (Å²) >= 11 is 1.26. The molecule has 0 radical (unpaired) electrons. The van der Waals surface area contributed by atoms with Gasteiger partial charge in [-0.3, -0.25) is 4.40 Å². The van der Waals surface area contributed by atoms with E-state index in [-0.39, 0.29) is 0 Å². The van der Waals surface area contributed by atoms with E-state index in [0.717, 1.165) is 11.3 Å². The molecule has 0 unspecified atom stereocenters. The van der Waals surface area contributed by atoms with Gasteiger partial charge in [-0.05, 0) is 24.5 Å². The van der Waals surface area contributed by atoms with Crippen molar-refractivity contribution in [3.05, 3.63) is 24.2 Å². The van der Waals surface area contributed by atoms with Crippen LogP contribution in [0.4, 0.5) is 5.00 Å². The largest absolute Gasteiger partial charge is 0.389 e. The van der Waals surface area contributed by atoms with Crippen molar-refractivity contribution in [3.63, 3.8) is 0 Å². The third-order valence-corrected chi connectivity index (χ3v) is 3.07. The first-order valence-corrected chi connectivity index (χ1v) is 5.42. The smallest absolute Gasteiger partial charge is 0.255 e. The SMILES string of the molecule is Cc1nsc(N)c1-c1nnc2ncccn12. The molecule has 0 saturated carbocycles. The highest BCUT2D eigenvalue weighted by Gasteiger charge is 2.16. The molecule has 0 aromatic carbocycles. The summed E-state index contributed by atoms with van der Waals surface area (Å²) in [5, 5.41) is 8.73. The van der Waals surface area contributed by atoms with Crippen molar-refractivity contribution in [1.29, 1.82) is 0 Å². The highest BCUT2D eigenvalue weighted by molar-refractivity contribution is 7.10. The first-order valence-electron chi connectivity index (χ1n) is 4.65. The van der Waals surface area contributed by atoms with Crippen LogP contribution < -0.4 is 5.73 Å². The number of nitrogen functional groups attached to an aromatic ring is 1. The standard InChI is InChI=1S/C9H8N6S/c1-5-6(7(10)16-14-5)8-12-13-9-11-3-2-4-15(8)9/h2-4H,10H2,1H3. The molecule has 3 heterocycles. The lowest BCUT2D eigenvalue weighted by Crippen LogP contribution is -1.93. The van der Waals surface area contributed by atoms with E-state index >= 15 is 0 Å². The maximum absolute atomic E-state index is 5.88. The highest BCUT2D eigenvalue weighted by atomic mass is 32.1. The van der Waals surface area contributed by atoms with Crippen LogP contribution in [0.2, 0.25) is 0 Å². The van der Waals surface area contributed by atoms with Crippen LogP contribution >= 0.6 is 11.5 Å². The summed E-state index contributed by atoms with van der Waals surface area (Å²) in [5.41, 5.74) is 7.58. The Bertz CT molecular complexity index is 635. The van der Waals surface area contributed by atoms with Gasteiger partial charge >= 0.3 is 0 Å². The second kappa shape index (κ2) is 3.24. The average Bonchev–Trinajstić information content (AvgIpc) is 2.83. The molecule has 3 aromatic rings. The van der Waals surface area contributed by atoms with Crippen LogP contribution in [0.1, 0.15) is 5.69 Å². The van der Waals surface area contributed by atoms with Gasteiger partial charge in [0.25, 0.3) is 5.78 Å². The Morgan fingerprint density at radius 3 is 3.00 bits per heavy atom. The summed E-state index contributed by atoms with van der Waals surface area (Å²) in [7, 11) is 0. The van der Waals surface area contributed by atoms with E-state index in [0.29, 0.717) is 16.6 Å². The topological polar surface area (TPSA) is 82.0 Å². The minimum absolute atomic E-state index is 0.558. The van der Waals surface area contributed by atoms with Crippen LogP contribution in [-0.2, 0) is 0 Å². The van der Waals surface area contributed by atoms with E-state index in [1.54, 1.807) is 10.6 Å². The molecule has 0 amide bonds. The molecule has 0 saturated heterocycles. The molecule has 0 fully saturated rings. The van der Waals surface area contributed by atoms with E-state index in [9.17, 15) is 0 Å². The first kappa shape index (κ1) is 9.22. The zero-order chi connectivity index (χ0) is 11.1. The number of anilines is 1. The number of aromatic nitrogens is 5. The van der Waals surface area contributed by atoms with Crippen LogP contribution in [0.15, 0.2) is 18.5 Å². The van der Waals surface area contributed by atoms with Crippen LogP contribution in [-0.4, -0.2) is 24.0 Å². The van der Waals surface area contributed by atoms with Crippen molar-refractivity contribution >= 4 is 22.3 Å². The number of hydrogen-bond acceptors (Lipinski definition) is 6. The van der Waals surface area contributed by atoms with E-state index < -0.39 is 0 Å². The van der Waals surface area contributed by atoms with Crippen molar-refractivity contribution in [2.75, 3.05) is 5.73 Å². The van der Waals surface area contributed by atoms with Gasteiger partial charge in [0.15, 0.2) is 5.82 Å². The van der Waals surface area contributed by atoms with Gasteiger partial charge in [-0.15, -0.1) is 10.2 Å². The number of fused-ring (bicyclic) bond motifs is 1. The molecular weight excluding hydrogens is 224 g/mol. The van der Waals surface area contributed by atoms with Gasteiger partial charge in [0.05, 0.1) is 11.3 Å². The van der Waals surface area contributed by atoms with Crippen LogP contribution in [0, 0.1) is 6.92 Å². The average molecular weight is 232 g/mol. The minimum atomic E-state index is 0.558. The molecule has 0 aliphatic rings. The number of rotatable bonds is 1. The Morgan fingerprint density at radius 1 is 1.38 bits per heavy atom. The zero-order valence-corrected chi connectivity index (χ0v) is 9.27. The number of aryl methyl sites for hydroxylation is 1. The molecule has 3 rings (SSSR count). The van der Waals surface area contributed by atoms with Gasteiger partial charge in [0.1, 0.15) is 5.00 Å². The van der Waals surface area contributed by atoms with Crippen LogP contribution in [0.25, 0.3) is 17.2 Å². The van der Waals surface area contributed by atoms with Gasteiger partial charge in [-0.1, -0.05) is 0 Å².